The number of carbonyl (C=O) groups is 2. The van der Waals surface area contributed by atoms with Crippen LogP contribution in [0.1, 0.15) is 36.8 Å². The highest BCUT2D eigenvalue weighted by molar-refractivity contribution is 7.91. The van der Waals surface area contributed by atoms with E-state index in [9.17, 15) is 23.1 Å². The molecule has 31 heavy (non-hydrogen) atoms. The van der Waals surface area contributed by atoms with Crippen molar-refractivity contribution in [3.8, 4) is 0 Å². The lowest BCUT2D eigenvalue weighted by Crippen LogP contribution is -2.43. The van der Waals surface area contributed by atoms with Crippen molar-refractivity contribution in [2.24, 2.45) is 5.73 Å². The van der Waals surface area contributed by atoms with Gasteiger partial charge in [-0.15, -0.1) is 0 Å². The predicted octanol–water partition coefficient (Wildman–Crippen LogP) is 0.177. The first-order valence-corrected chi connectivity index (χ1v) is 11.4. The molecular formula is C21H25N4O5S-. The molecule has 1 unspecified atom stereocenters. The summed E-state index contributed by atoms with van der Waals surface area (Å²) in [5.74, 6) is -2.45. The summed E-state index contributed by atoms with van der Waals surface area (Å²) in [7, 11) is -3.86. The van der Waals surface area contributed by atoms with Gasteiger partial charge in [-0.25, -0.2) is 13.4 Å². The van der Waals surface area contributed by atoms with Gasteiger partial charge in [0.05, 0.1) is 5.75 Å². The number of aryl methyl sites for hydroxylation is 1. The first-order valence-electron chi connectivity index (χ1n) is 9.73. The number of rotatable bonds is 12. The van der Waals surface area contributed by atoms with E-state index < -0.39 is 39.9 Å². The van der Waals surface area contributed by atoms with Gasteiger partial charge in [-0.2, -0.15) is 0 Å². The molecule has 0 bridgehead atoms. The Morgan fingerprint density at radius 1 is 1.13 bits per heavy atom. The molecule has 0 radical (unpaired) electrons. The molecule has 0 aliphatic rings. The van der Waals surface area contributed by atoms with Crippen LogP contribution in [0.15, 0.2) is 53.7 Å². The molecule has 0 saturated carbocycles. The number of hydrogen-bond donors (Lipinski definition) is 3. The topological polar surface area (TPSA) is 166 Å². The third-order valence-corrected chi connectivity index (χ3v) is 6.26. The summed E-state index contributed by atoms with van der Waals surface area (Å²) in [6.07, 6.45) is 2.84. The van der Waals surface area contributed by atoms with Gasteiger partial charge in [0.1, 0.15) is 5.84 Å². The summed E-state index contributed by atoms with van der Waals surface area (Å²) >= 11 is 0. The summed E-state index contributed by atoms with van der Waals surface area (Å²) in [4.78, 5) is 27.0. The third kappa shape index (κ3) is 8.17. The Morgan fingerprint density at radius 3 is 2.42 bits per heavy atom. The molecule has 166 valence electrons. The van der Waals surface area contributed by atoms with E-state index in [1.807, 2.05) is 12.1 Å². The van der Waals surface area contributed by atoms with Crippen LogP contribution in [-0.2, 0) is 25.8 Å². The minimum atomic E-state index is -3.86. The third-order valence-electron chi connectivity index (χ3n) is 4.54. The maximum absolute atomic E-state index is 12.4. The van der Waals surface area contributed by atoms with Gasteiger partial charge in [0.15, 0.2) is 14.9 Å². The summed E-state index contributed by atoms with van der Waals surface area (Å²) < 4.78 is 24.9. The molecule has 1 atom stereocenters. The zero-order chi connectivity index (χ0) is 22.9. The van der Waals surface area contributed by atoms with Crippen molar-refractivity contribution in [3.05, 3.63) is 59.8 Å². The first kappa shape index (κ1) is 24.0. The number of nitrogens with one attached hydrogen (secondary N) is 2. The maximum Gasteiger partial charge on any atom is 0.220 e. The van der Waals surface area contributed by atoms with Crippen molar-refractivity contribution < 1.29 is 23.1 Å². The van der Waals surface area contributed by atoms with Crippen LogP contribution in [0, 0.1) is 5.41 Å². The number of nitrogens with zero attached hydrogens (tertiary/aromatic N) is 1. The van der Waals surface area contributed by atoms with Crippen molar-refractivity contribution in [1.82, 2.24) is 10.3 Å². The SMILES string of the molecule is N=C(N)c1ccc(CCCCC(=O)NC(CC(=O)[O-])CS(=O)(=O)c2ccccn2)cc1. The quantitative estimate of drug-likeness (QED) is 0.238. The van der Waals surface area contributed by atoms with E-state index in [0.29, 0.717) is 18.4 Å². The molecule has 0 aliphatic carbocycles. The second kappa shape index (κ2) is 11.2. The number of aliphatic carboxylic acids is 1. The Labute approximate surface area is 181 Å². The van der Waals surface area contributed by atoms with Crippen LogP contribution in [0.4, 0.5) is 0 Å². The highest BCUT2D eigenvalue weighted by Gasteiger charge is 2.23. The Morgan fingerprint density at radius 2 is 1.84 bits per heavy atom. The van der Waals surface area contributed by atoms with E-state index in [-0.39, 0.29) is 17.3 Å². The average molecular weight is 446 g/mol. The Kier molecular flexibility index (Phi) is 8.68. The number of aromatic nitrogens is 1. The van der Waals surface area contributed by atoms with Crippen molar-refractivity contribution in [2.75, 3.05) is 5.75 Å². The van der Waals surface area contributed by atoms with Gasteiger partial charge in [0.2, 0.25) is 5.91 Å². The maximum atomic E-state index is 12.4. The zero-order valence-corrected chi connectivity index (χ0v) is 17.7. The molecule has 0 saturated heterocycles. The summed E-state index contributed by atoms with van der Waals surface area (Å²) in [6.45, 7) is 0. The molecule has 10 heteroatoms. The predicted molar refractivity (Wildman–Crippen MR) is 113 cm³/mol. The van der Waals surface area contributed by atoms with Crippen LogP contribution in [0.3, 0.4) is 0 Å². The van der Waals surface area contributed by atoms with Crippen molar-refractivity contribution in [2.45, 2.75) is 43.2 Å². The second-order valence-electron chi connectivity index (χ2n) is 7.11. The monoisotopic (exact) mass is 445 g/mol. The summed E-state index contributed by atoms with van der Waals surface area (Å²) in [5, 5.41) is 20.7. The molecule has 1 aromatic heterocycles. The van der Waals surface area contributed by atoms with Crippen LogP contribution < -0.4 is 16.2 Å². The fraction of sp³-hybridized carbons (Fsp3) is 0.333. The Hall–Kier alpha value is -3.27. The normalized spacial score (nSPS) is 12.1. The fourth-order valence-corrected chi connectivity index (χ4v) is 4.41. The number of carboxylic acid groups (broad SMARTS) is 1. The van der Waals surface area contributed by atoms with Gasteiger partial charge in [-0.1, -0.05) is 30.3 Å². The molecule has 1 amide bonds. The molecule has 2 rings (SSSR count). The van der Waals surface area contributed by atoms with Crippen molar-refractivity contribution in [1.29, 1.82) is 5.41 Å². The van der Waals surface area contributed by atoms with Crippen LogP contribution in [-0.4, -0.2) is 42.9 Å². The number of nitrogens with two attached hydrogens (primary N) is 1. The Bertz CT molecular complexity index is 1010. The fourth-order valence-electron chi connectivity index (χ4n) is 3.00. The second-order valence-corrected chi connectivity index (χ2v) is 9.09. The number of unbranched alkanes of at least 4 members (excludes halogenated alkanes) is 1. The largest absolute Gasteiger partial charge is 0.550 e. The van der Waals surface area contributed by atoms with Crippen LogP contribution >= 0.6 is 0 Å². The molecule has 0 aliphatic heterocycles. The van der Waals surface area contributed by atoms with E-state index in [2.05, 4.69) is 10.3 Å². The highest BCUT2D eigenvalue weighted by atomic mass is 32.2. The van der Waals surface area contributed by atoms with Crippen molar-refractivity contribution >= 4 is 27.5 Å². The molecule has 0 spiro atoms. The smallest absolute Gasteiger partial charge is 0.220 e. The Balaban J connectivity index is 1.85. The minimum Gasteiger partial charge on any atom is -0.550 e. The van der Waals surface area contributed by atoms with Gasteiger partial charge >= 0.3 is 0 Å². The molecule has 0 fully saturated rings. The van der Waals surface area contributed by atoms with Gasteiger partial charge < -0.3 is 21.0 Å². The van der Waals surface area contributed by atoms with Crippen LogP contribution in [0.5, 0.6) is 0 Å². The number of pyridine rings is 1. The lowest BCUT2D eigenvalue weighted by molar-refractivity contribution is -0.306. The van der Waals surface area contributed by atoms with Gasteiger partial charge in [0.25, 0.3) is 0 Å². The van der Waals surface area contributed by atoms with Gasteiger partial charge in [0, 0.05) is 36.6 Å². The molecular weight excluding hydrogens is 420 g/mol. The van der Waals surface area contributed by atoms with Gasteiger partial charge in [-0.05, 0) is 37.0 Å². The number of carboxylic acids is 1. The average Bonchev–Trinajstić information content (AvgIpc) is 2.71. The molecule has 1 aromatic carbocycles. The number of carbonyl (C=O) groups excluding carboxylic acids is 2. The number of benzene rings is 1. The van der Waals surface area contributed by atoms with Crippen LogP contribution in [0.25, 0.3) is 0 Å². The number of hydrogen-bond acceptors (Lipinski definition) is 7. The number of amidine groups is 1. The van der Waals surface area contributed by atoms with E-state index >= 15 is 0 Å². The summed E-state index contributed by atoms with van der Waals surface area (Å²) in [5.41, 5.74) is 7.10. The van der Waals surface area contributed by atoms with Crippen LogP contribution in [0.2, 0.25) is 0 Å². The standard InChI is InChI=1S/C21H26N4O5S/c22-21(23)16-10-8-15(9-11-16)5-1-2-6-18(26)25-17(13-20(27)28)14-31(29,30)19-7-3-4-12-24-19/h3-4,7-12,17H,1-2,5-6,13-14H2,(H3,22,23)(H,25,26)(H,27,28)/p-1. The minimum absolute atomic E-state index is 0.000559. The van der Waals surface area contributed by atoms with E-state index in [1.165, 1.54) is 18.3 Å². The highest BCUT2D eigenvalue weighted by Crippen LogP contribution is 2.11. The lowest BCUT2D eigenvalue weighted by atomic mass is 10.0. The van der Waals surface area contributed by atoms with E-state index in [0.717, 1.165) is 12.0 Å². The number of sulfone groups is 1. The van der Waals surface area contributed by atoms with E-state index in [1.54, 1.807) is 18.2 Å². The van der Waals surface area contributed by atoms with Crippen molar-refractivity contribution in [3.63, 3.8) is 0 Å². The molecule has 2 aromatic rings. The molecule has 9 nitrogen and oxygen atoms in total. The molecule has 1 heterocycles. The van der Waals surface area contributed by atoms with Gasteiger partial charge in [-0.3, -0.25) is 10.2 Å². The van der Waals surface area contributed by atoms with E-state index in [4.69, 9.17) is 11.1 Å². The first-order chi connectivity index (χ1) is 14.7. The number of nitrogen functional groups attached to an aromatic ring is 1. The molecule has 4 N–H and O–H groups in total. The lowest BCUT2D eigenvalue weighted by Gasteiger charge is -2.19. The zero-order valence-electron chi connectivity index (χ0n) is 16.9. The summed E-state index contributed by atoms with van der Waals surface area (Å²) in [6, 6.07) is 10.6. The number of amides is 1.